The van der Waals surface area contributed by atoms with Gasteiger partial charge in [0.05, 0.1) is 17.9 Å². The fourth-order valence-corrected chi connectivity index (χ4v) is 3.37. The molecule has 0 spiro atoms. The maximum absolute atomic E-state index is 12.7. The van der Waals surface area contributed by atoms with Gasteiger partial charge >= 0.3 is 0 Å². The molecule has 0 aliphatic carbocycles. The minimum Gasteiger partial charge on any atom is -0.309 e. The van der Waals surface area contributed by atoms with Crippen molar-refractivity contribution in [3.05, 3.63) is 100.0 Å². The van der Waals surface area contributed by atoms with Gasteiger partial charge in [-0.1, -0.05) is 54.6 Å². The van der Waals surface area contributed by atoms with Crippen molar-refractivity contribution in [1.29, 1.82) is 0 Å². The summed E-state index contributed by atoms with van der Waals surface area (Å²) in [5, 5.41) is 11.8. The first-order chi connectivity index (χ1) is 15.0. The average molecular weight is 413 g/mol. The number of carbonyl (C=O) groups excluding carboxylic acids is 1. The second-order valence-electron chi connectivity index (χ2n) is 7.39. The second-order valence-corrected chi connectivity index (χ2v) is 7.39. The number of anilines is 1. The predicted molar refractivity (Wildman–Crippen MR) is 120 cm³/mol. The van der Waals surface area contributed by atoms with Gasteiger partial charge in [-0.15, -0.1) is 0 Å². The van der Waals surface area contributed by atoms with Crippen LogP contribution in [-0.2, 0) is 17.9 Å². The molecule has 0 radical (unpaired) electrons. The molecule has 2 aromatic carbocycles. The number of benzene rings is 2. The van der Waals surface area contributed by atoms with E-state index in [4.69, 9.17) is 5.10 Å². The first kappa shape index (κ1) is 20.3. The standard InChI is InChI=1S/C24H23N5O2/c1-17-8-6-7-11-20(17)21-14-22(28(27-21)15-19-9-4-3-5-10-19)25-23(30)16-29-24(31)13-12-18(2)26-29/h3-14H,15-16H2,1-2H3,(H,25,30). The van der Waals surface area contributed by atoms with Crippen LogP contribution in [-0.4, -0.2) is 25.5 Å². The van der Waals surface area contributed by atoms with Gasteiger partial charge < -0.3 is 5.32 Å². The first-order valence-corrected chi connectivity index (χ1v) is 10.0. The highest BCUT2D eigenvalue weighted by atomic mass is 16.2. The molecule has 2 heterocycles. The molecule has 0 saturated carbocycles. The highest BCUT2D eigenvalue weighted by molar-refractivity contribution is 5.90. The van der Waals surface area contributed by atoms with Crippen molar-refractivity contribution < 1.29 is 4.79 Å². The van der Waals surface area contributed by atoms with Crippen LogP contribution >= 0.6 is 0 Å². The third-order valence-corrected chi connectivity index (χ3v) is 4.94. The molecule has 4 aromatic rings. The van der Waals surface area contributed by atoms with Gasteiger partial charge in [-0.05, 0) is 31.0 Å². The molecular weight excluding hydrogens is 390 g/mol. The SMILES string of the molecule is Cc1ccc(=O)n(CC(=O)Nc2cc(-c3ccccc3C)nn2Cc2ccccc2)n1. The molecule has 0 fully saturated rings. The lowest BCUT2D eigenvalue weighted by atomic mass is 10.1. The van der Waals surface area contributed by atoms with Crippen LogP contribution in [0.4, 0.5) is 5.82 Å². The molecule has 0 bridgehead atoms. The van der Waals surface area contributed by atoms with Gasteiger partial charge in [-0.25, -0.2) is 9.36 Å². The van der Waals surface area contributed by atoms with Gasteiger partial charge in [0.25, 0.3) is 5.56 Å². The number of carbonyl (C=O) groups is 1. The van der Waals surface area contributed by atoms with Crippen molar-refractivity contribution in [3.8, 4) is 11.3 Å². The highest BCUT2D eigenvalue weighted by Gasteiger charge is 2.15. The third kappa shape index (κ3) is 4.78. The van der Waals surface area contributed by atoms with Gasteiger partial charge in [0.2, 0.25) is 5.91 Å². The molecule has 7 heteroatoms. The topological polar surface area (TPSA) is 81.8 Å². The fourth-order valence-electron chi connectivity index (χ4n) is 3.37. The van der Waals surface area contributed by atoms with E-state index in [0.29, 0.717) is 18.1 Å². The average Bonchev–Trinajstić information content (AvgIpc) is 3.13. The Morgan fingerprint density at radius 2 is 1.65 bits per heavy atom. The van der Waals surface area contributed by atoms with Crippen molar-refractivity contribution in [2.24, 2.45) is 0 Å². The smallest absolute Gasteiger partial charge is 0.267 e. The molecule has 0 aliphatic rings. The molecule has 31 heavy (non-hydrogen) atoms. The zero-order valence-electron chi connectivity index (χ0n) is 17.4. The van der Waals surface area contributed by atoms with Crippen LogP contribution in [0.25, 0.3) is 11.3 Å². The summed E-state index contributed by atoms with van der Waals surface area (Å²) in [5.41, 5.74) is 4.29. The van der Waals surface area contributed by atoms with E-state index >= 15 is 0 Å². The largest absolute Gasteiger partial charge is 0.309 e. The summed E-state index contributed by atoms with van der Waals surface area (Å²) in [5.74, 6) is 0.221. The number of nitrogens with one attached hydrogen (secondary N) is 1. The molecule has 0 atom stereocenters. The molecule has 4 rings (SSSR count). The number of aromatic nitrogens is 4. The Hall–Kier alpha value is -4.00. The summed E-state index contributed by atoms with van der Waals surface area (Å²) in [6.07, 6.45) is 0. The van der Waals surface area contributed by atoms with Crippen molar-refractivity contribution in [3.63, 3.8) is 0 Å². The van der Waals surface area contributed by atoms with Gasteiger partial charge in [0.1, 0.15) is 12.4 Å². The summed E-state index contributed by atoms with van der Waals surface area (Å²) in [4.78, 5) is 24.7. The predicted octanol–water partition coefficient (Wildman–Crippen LogP) is 3.41. The molecule has 7 nitrogen and oxygen atoms in total. The van der Waals surface area contributed by atoms with Crippen LogP contribution < -0.4 is 10.9 Å². The Labute approximate surface area is 180 Å². The van der Waals surface area contributed by atoms with Crippen molar-refractivity contribution in [2.45, 2.75) is 26.9 Å². The quantitative estimate of drug-likeness (QED) is 0.525. The Balaban J connectivity index is 1.64. The molecule has 1 amide bonds. The van der Waals surface area contributed by atoms with Gasteiger partial charge in [0, 0.05) is 17.7 Å². The molecular formula is C24H23N5O2. The van der Waals surface area contributed by atoms with E-state index in [0.717, 1.165) is 27.1 Å². The Kier molecular flexibility index (Phi) is 5.75. The van der Waals surface area contributed by atoms with E-state index in [-0.39, 0.29) is 18.0 Å². The molecule has 0 aliphatic heterocycles. The van der Waals surface area contributed by atoms with E-state index < -0.39 is 0 Å². The highest BCUT2D eigenvalue weighted by Crippen LogP contribution is 2.25. The fraction of sp³-hybridized carbons (Fsp3) is 0.167. The van der Waals surface area contributed by atoms with Crippen LogP contribution in [0.5, 0.6) is 0 Å². The van der Waals surface area contributed by atoms with Gasteiger partial charge in [-0.3, -0.25) is 9.59 Å². The minimum atomic E-state index is -0.342. The van der Waals surface area contributed by atoms with Gasteiger partial charge in [0.15, 0.2) is 0 Å². The van der Waals surface area contributed by atoms with Crippen LogP contribution in [0.1, 0.15) is 16.8 Å². The number of nitrogens with zero attached hydrogens (tertiary/aromatic N) is 4. The van der Waals surface area contributed by atoms with E-state index in [2.05, 4.69) is 10.4 Å². The van der Waals surface area contributed by atoms with Gasteiger partial charge in [-0.2, -0.15) is 10.2 Å². The molecule has 1 N–H and O–H groups in total. The number of amides is 1. The zero-order chi connectivity index (χ0) is 21.8. The molecule has 0 saturated heterocycles. The lowest BCUT2D eigenvalue weighted by molar-refractivity contribution is -0.117. The lowest BCUT2D eigenvalue weighted by Gasteiger charge is -2.10. The van der Waals surface area contributed by atoms with Crippen molar-refractivity contribution in [2.75, 3.05) is 5.32 Å². The summed E-state index contributed by atoms with van der Waals surface area (Å²) in [7, 11) is 0. The summed E-state index contributed by atoms with van der Waals surface area (Å²) in [6, 6.07) is 22.8. The monoisotopic (exact) mass is 413 g/mol. The summed E-state index contributed by atoms with van der Waals surface area (Å²) in [6.45, 7) is 4.14. The van der Waals surface area contributed by atoms with Crippen molar-refractivity contribution in [1.82, 2.24) is 19.6 Å². The number of aryl methyl sites for hydroxylation is 2. The molecule has 0 unspecified atom stereocenters. The van der Waals surface area contributed by atoms with E-state index in [1.807, 2.05) is 67.6 Å². The summed E-state index contributed by atoms with van der Waals surface area (Å²) < 4.78 is 2.92. The third-order valence-electron chi connectivity index (χ3n) is 4.94. The summed E-state index contributed by atoms with van der Waals surface area (Å²) >= 11 is 0. The van der Waals surface area contributed by atoms with Crippen LogP contribution in [0, 0.1) is 13.8 Å². The molecule has 2 aromatic heterocycles. The lowest BCUT2D eigenvalue weighted by Crippen LogP contribution is -2.30. The van der Waals surface area contributed by atoms with Crippen molar-refractivity contribution >= 4 is 11.7 Å². The Morgan fingerprint density at radius 1 is 0.903 bits per heavy atom. The molecule has 156 valence electrons. The van der Waals surface area contributed by atoms with Crippen LogP contribution in [0.3, 0.4) is 0 Å². The normalized spacial score (nSPS) is 10.8. The Morgan fingerprint density at radius 3 is 2.42 bits per heavy atom. The van der Waals surface area contributed by atoms with E-state index in [1.54, 1.807) is 17.7 Å². The van der Waals surface area contributed by atoms with E-state index in [1.165, 1.54) is 6.07 Å². The minimum absolute atomic E-state index is 0.170. The first-order valence-electron chi connectivity index (χ1n) is 10.0. The maximum atomic E-state index is 12.7. The number of hydrogen-bond donors (Lipinski definition) is 1. The van der Waals surface area contributed by atoms with Crippen LogP contribution in [0.15, 0.2) is 77.6 Å². The van der Waals surface area contributed by atoms with Crippen LogP contribution in [0.2, 0.25) is 0 Å². The zero-order valence-corrected chi connectivity index (χ0v) is 17.4. The van der Waals surface area contributed by atoms with E-state index in [9.17, 15) is 9.59 Å². The maximum Gasteiger partial charge on any atom is 0.267 e. The Bertz CT molecular complexity index is 1270. The second kappa shape index (κ2) is 8.79. The number of rotatable bonds is 6. The number of hydrogen-bond acceptors (Lipinski definition) is 4.